The zero-order valence-corrected chi connectivity index (χ0v) is 13.3. The Morgan fingerprint density at radius 1 is 1.29 bits per heavy atom. The van der Waals surface area contributed by atoms with Crippen molar-refractivity contribution in [3.8, 4) is 0 Å². The van der Waals surface area contributed by atoms with Gasteiger partial charge in [-0.3, -0.25) is 0 Å². The highest BCUT2D eigenvalue weighted by Crippen LogP contribution is 2.38. The van der Waals surface area contributed by atoms with Gasteiger partial charge in [-0.25, -0.2) is 9.97 Å². The first kappa shape index (κ1) is 15.0. The van der Waals surface area contributed by atoms with Gasteiger partial charge in [0, 0.05) is 45.3 Å². The van der Waals surface area contributed by atoms with E-state index in [2.05, 4.69) is 20.2 Å². The van der Waals surface area contributed by atoms with Crippen LogP contribution >= 0.6 is 11.6 Å². The third-order valence-corrected chi connectivity index (χ3v) is 4.45. The lowest BCUT2D eigenvalue weighted by Gasteiger charge is -2.31. The van der Waals surface area contributed by atoms with Gasteiger partial charge in [0.2, 0.25) is 0 Å². The Balaban J connectivity index is 1.45. The second-order valence-corrected chi connectivity index (χ2v) is 6.30. The van der Waals surface area contributed by atoms with Crippen LogP contribution in [0.15, 0.2) is 6.07 Å². The second kappa shape index (κ2) is 6.90. The summed E-state index contributed by atoms with van der Waals surface area (Å²) in [7, 11) is 1.80. The minimum Gasteiger partial charge on any atom is -0.381 e. The molecule has 0 atom stereocenters. The summed E-state index contributed by atoms with van der Waals surface area (Å²) in [5.74, 6) is 2.27. The number of halogens is 1. The summed E-state index contributed by atoms with van der Waals surface area (Å²) < 4.78 is 5.39. The van der Waals surface area contributed by atoms with E-state index in [0.717, 1.165) is 50.7 Å². The number of methoxy groups -OCH3 is 1. The summed E-state index contributed by atoms with van der Waals surface area (Å²) in [4.78, 5) is 11.3. The van der Waals surface area contributed by atoms with Crippen LogP contribution in [-0.4, -0.2) is 54.3 Å². The molecular formula is C15H23ClN4O. The minimum atomic E-state index is 0.441. The van der Waals surface area contributed by atoms with E-state index in [4.69, 9.17) is 16.3 Å². The van der Waals surface area contributed by atoms with Crippen molar-refractivity contribution >= 4 is 17.4 Å². The predicted octanol–water partition coefficient (Wildman–Crippen LogP) is 2.53. The zero-order chi connectivity index (χ0) is 14.7. The van der Waals surface area contributed by atoms with Crippen LogP contribution in [0, 0.1) is 0 Å². The molecule has 0 amide bonds. The summed E-state index contributed by atoms with van der Waals surface area (Å²) in [6, 6.07) is 1.81. The van der Waals surface area contributed by atoms with Gasteiger partial charge in [-0.1, -0.05) is 11.6 Å². The van der Waals surface area contributed by atoms with E-state index in [1.54, 1.807) is 7.11 Å². The van der Waals surface area contributed by atoms with Gasteiger partial charge in [0.1, 0.15) is 16.8 Å². The minimum absolute atomic E-state index is 0.441. The fourth-order valence-electron chi connectivity index (χ4n) is 2.76. The largest absolute Gasteiger partial charge is 0.381 e. The number of ether oxygens (including phenoxy) is 1. The number of nitrogens with zero attached hydrogens (tertiary/aromatic N) is 3. The van der Waals surface area contributed by atoms with Crippen LogP contribution in [0.2, 0.25) is 5.15 Å². The molecule has 0 spiro atoms. The topological polar surface area (TPSA) is 50.3 Å². The quantitative estimate of drug-likeness (QED) is 0.818. The van der Waals surface area contributed by atoms with Gasteiger partial charge in [0.05, 0.1) is 6.10 Å². The number of anilines is 1. The Morgan fingerprint density at radius 2 is 2.05 bits per heavy atom. The maximum Gasteiger partial charge on any atom is 0.135 e. The number of nitrogens with one attached hydrogen (secondary N) is 1. The van der Waals surface area contributed by atoms with Crippen molar-refractivity contribution < 1.29 is 4.74 Å². The normalized spacial score (nSPS) is 20.7. The van der Waals surface area contributed by atoms with E-state index in [9.17, 15) is 0 Å². The number of piperidine rings is 1. The summed E-state index contributed by atoms with van der Waals surface area (Å²) in [5, 5.41) is 3.91. The van der Waals surface area contributed by atoms with Crippen LogP contribution in [0.3, 0.4) is 0 Å². The van der Waals surface area contributed by atoms with E-state index in [-0.39, 0.29) is 0 Å². The van der Waals surface area contributed by atoms with Crippen LogP contribution in [0.5, 0.6) is 0 Å². The van der Waals surface area contributed by atoms with Crippen molar-refractivity contribution in [1.29, 1.82) is 0 Å². The lowest BCUT2D eigenvalue weighted by molar-refractivity contribution is 0.0423. The molecule has 3 rings (SSSR count). The molecule has 1 aromatic rings. The van der Waals surface area contributed by atoms with Gasteiger partial charge < -0.3 is 15.0 Å². The fraction of sp³-hybridized carbons (Fsp3) is 0.733. The lowest BCUT2D eigenvalue weighted by Crippen LogP contribution is -2.39. The Hall–Kier alpha value is -0.910. The number of rotatable bonds is 6. The molecular weight excluding hydrogens is 288 g/mol. The van der Waals surface area contributed by atoms with Crippen LogP contribution < -0.4 is 5.32 Å². The number of hydrogen-bond donors (Lipinski definition) is 1. The van der Waals surface area contributed by atoms with Gasteiger partial charge in [0.15, 0.2) is 0 Å². The van der Waals surface area contributed by atoms with Crippen LogP contribution in [0.1, 0.15) is 37.4 Å². The maximum atomic E-state index is 6.07. The smallest absolute Gasteiger partial charge is 0.135 e. The van der Waals surface area contributed by atoms with Crippen LogP contribution in [0.25, 0.3) is 0 Å². The standard InChI is InChI=1S/C15H23ClN4O/c1-21-12-4-7-20(8-5-12)9-6-17-14-10-13(16)18-15(19-14)11-2-3-11/h10-12H,2-9H2,1H3,(H,17,18,19). The highest BCUT2D eigenvalue weighted by Gasteiger charge is 2.27. The van der Waals surface area contributed by atoms with E-state index in [1.165, 1.54) is 12.8 Å². The molecule has 1 saturated carbocycles. The molecule has 1 aliphatic carbocycles. The first-order valence-corrected chi connectivity index (χ1v) is 8.16. The van der Waals surface area contributed by atoms with Crippen molar-refractivity contribution in [2.75, 3.05) is 38.6 Å². The third-order valence-electron chi connectivity index (χ3n) is 4.26. The molecule has 0 radical (unpaired) electrons. The highest BCUT2D eigenvalue weighted by molar-refractivity contribution is 6.29. The molecule has 116 valence electrons. The number of aromatic nitrogens is 2. The Bertz CT molecular complexity index is 473. The summed E-state index contributed by atoms with van der Waals surface area (Å²) >= 11 is 6.07. The molecule has 5 nitrogen and oxygen atoms in total. The Labute approximate surface area is 131 Å². The van der Waals surface area contributed by atoms with Gasteiger partial charge >= 0.3 is 0 Å². The lowest BCUT2D eigenvalue weighted by atomic mass is 10.1. The molecule has 1 N–H and O–H groups in total. The molecule has 0 aromatic carbocycles. The first-order valence-electron chi connectivity index (χ1n) is 7.78. The van der Waals surface area contributed by atoms with E-state index in [1.807, 2.05) is 6.07 Å². The average molecular weight is 311 g/mol. The van der Waals surface area contributed by atoms with Crippen molar-refractivity contribution in [2.45, 2.75) is 37.7 Å². The van der Waals surface area contributed by atoms with Crippen molar-refractivity contribution in [3.63, 3.8) is 0 Å². The molecule has 6 heteroatoms. The van der Waals surface area contributed by atoms with Gasteiger partial charge in [-0.15, -0.1) is 0 Å². The summed E-state index contributed by atoms with van der Waals surface area (Å²) in [6.45, 7) is 4.13. The molecule has 1 saturated heterocycles. The van der Waals surface area contributed by atoms with Gasteiger partial charge in [-0.05, 0) is 25.7 Å². The first-order chi connectivity index (χ1) is 10.2. The Morgan fingerprint density at radius 3 is 2.71 bits per heavy atom. The molecule has 21 heavy (non-hydrogen) atoms. The average Bonchev–Trinajstić information content (AvgIpc) is 3.32. The molecule has 2 heterocycles. The molecule has 0 unspecified atom stereocenters. The molecule has 1 aliphatic heterocycles. The zero-order valence-electron chi connectivity index (χ0n) is 12.5. The fourth-order valence-corrected chi connectivity index (χ4v) is 2.95. The van der Waals surface area contributed by atoms with Gasteiger partial charge in [-0.2, -0.15) is 0 Å². The number of hydrogen-bond acceptors (Lipinski definition) is 5. The highest BCUT2D eigenvalue weighted by atomic mass is 35.5. The molecule has 0 bridgehead atoms. The van der Waals surface area contributed by atoms with Crippen LogP contribution in [-0.2, 0) is 4.74 Å². The van der Waals surface area contributed by atoms with E-state index in [0.29, 0.717) is 17.2 Å². The van der Waals surface area contributed by atoms with Crippen LogP contribution in [0.4, 0.5) is 5.82 Å². The summed E-state index contributed by atoms with van der Waals surface area (Å²) in [6.07, 6.45) is 5.07. The van der Waals surface area contributed by atoms with Crippen molar-refractivity contribution in [1.82, 2.24) is 14.9 Å². The summed E-state index contributed by atoms with van der Waals surface area (Å²) in [5.41, 5.74) is 0. The second-order valence-electron chi connectivity index (χ2n) is 5.91. The number of likely N-dealkylation sites (tertiary alicyclic amines) is 1. The predicted molar refractivity (Wildman–Crippen MR) is 84.0 cm³/mol. The molecule has 2 fully saturated rings. The maximum absolute atomic E-state index is 6.07. The van der Waals surface area contributed by atoms with Gasteiger partial charge in [0.25, 0.3) is 0 Å². The van der Waals surface area contributed by atoms with Crippen molar-refractivity contribution in [3.05, 3.63) is 17.0 Å². The SMILES string of the molecule is COC1CCN(CCNc2cc(Cl)nc(C3CC3)n2)CC1. The molecule has 1 aromatic heterocycles. The Kier molecular flexibility index (Phi) is 4.93. The van der Waals surface area contributed by atoms with E-state index >= 15 is 0 Å². The monoisotopic (exact) mass is 310 g/mol. The molecule has 2 aliphatic rings. The van der Waals surface area contributed by atoms with E-state index < -0.39 is 0 Å². The third kappa shape index (κ3) is 4.28. The van der Waals surface area contributed by atoms with Crippen molar-refractivity contribution in [2.24, 2.45) is 0 Å².